The van der Waals surface area contributed by atoms with E-state index in [2.05, 4.69) is 5.32 Å². The molecule has 2 amide bonds. The SMILES string of the molecule is Cc1c([C@@H](C)NC(=O)[C@@H]2CCCN(C(=O)c3cccs3)C2)oc2ccccc12. The van der Waals surface area contributed by atoms with Gasteiger partial charge >= 0.3 is 0 Å². The van der Waals surface area contributed by atoms with Crippen molar-refractivity contribution in [2.75, 3.05) is 13.1 Å². The van der Waals surface area contributed by atoms with Gasteiger partial charge < -0.3 is 14.6 Å². The quantitative estimate of drug-likeness (QED) is 0.705. The third kappa shape index (κ3) is 3.56. The Labute approximate surface area is 168 Å². The summed E-state index contributed by atoms with van der Waals surface area (Å²) in [6, 6.07) is 11.4. The van der Waals surface area contributed by atoms with E-state index in [9.17, 15) is 9.59 Å². The van der Waals surface area contributed by atoms with E-state index >= 15 is 0 Å². The lowest BCUT2D eigenvalue weighted by molar-refractivity contribution is -0.127. The zero-order chi connectivity index (χ0) is 19.7. The molecule has 0 unspecified atom stereocenters. The van der Waals surface area contributed by atoms with Crippen molar-refractivity contribution in [3.05, 3.63) is 58.0 Å². The number of furan rings is 1. The Hall–Kier alpha value is -2.60. The van der Waals surface area contributed by atoms with Gasteiger partial charge in [0.05, 0.1) is 16.8 Å². The number of fused-ring (bicyclic) bond motifs is 1. The van der Waals surface area contributed by atoms with E-state index in [0.29, 0.717) is 13.1 Å². The van der Waals surface area contributed by atoms with Crippen molar-refractivity contribution in [3.8, 4) is 0 Å². The second-order valence-electron chi connectivity index (χ2n) is 7.39. The lowest BCUT2D eigenvalue weighted by Gasteiger charge is -2.32. The number of thiophene rings is 1. The van der Waals surface area contributed by atoms with Crippen LogP contribution < -0.4 is 5.32 Å². The number of amides is 2. The molecular weight excluding hydrogens is 372 g/mol. The summed E-state index contributed by atoms with van der Waals surface area (Å²) in [5, 5.41) is 6.07. The number of para-hydroxylation sites is 1. The molecular formula is C22H24N2O3S. The predicted octanol–water partition coefficient (Wildman–Crippen LogP) is 4.53. The number of hydrogen-bond donors (Lipinski definition) is 1. The first-order chi connectivity index (χ1) is 13.5. The van der Waals surface area contributed by atoms with E-state index in [-0.39, 0.29) is 23.8 Å². The summed E-state index contributed by atoms with van der Waals surface area (Å²) in [4.78, 5) is 28.0. The maximum Gasteiger partial charge on any atom is 0.263 e. The van der Waals surface area contributed by atoms with Gasteiger partial charge in [-0.15, -0.1) is 11.3 Å². The van der Waals surface area contributed by atoms with Crippen LogP contribution in [0.5, 0.6) is 0 Å². The molecule has 0 radical (unpaired) electrons. The Morgan fingerprint density at radius 2 is 2.07 bits per heavy atom. The van der Waals surface area contributed by atoms with E-state index in [1.807, 2.05) is 55.6 Å². The van der Waals surface area contributed by atoms with Crippen LogP contribution in [0.1, 0.15) is 46.8 Å². The number of rotatable bonds is 4. The molecule has 1 fully saturated rings. The Morgan fingerprint density at radius 3 is 2.82 bits per heavy atom. The Morgan fingerprint density at radius 1 is 1.25 bits per heavy atom. The average molecular weight is 397 g/mol. The molecule has 0 aliphatic carbocycles. The van der Waals surface area contributed by atoms with Gasteiger partial charge in [-0.2, -0.15) is 0 Å². The molecule has 6 heteroatoms. The summed E-state index contributed by atoms with van der Waals surface area (Å²) in [6.07, 6.45) is 1.64. The second kappa shape index (κ2) is 7.80. The van der Waals surface area contributed by atoms with Crippen molar-refractivity contribution in [1.82, 2.24) is 10.2 Å². The minimum absolute atomic E-state index is 0.0176. The van der Waals surface area contributed by atoms with Crippen LogP contribution in [0.3, 0.4) is 0 Å². The lowest BCUT2D eigenvalue weighted by Crippen LogP contribution is -2.45. The molecule has 0 bridgehead atoms. The van der Waals surface area contributed by atoms with Gasteiger partial charge in [0.2, 0.25) is 5.91 Å². The molecule has 2 aromatic heterocycles. The maximum atomic E-state index is 12.9. The van der Waals surface area contributed by atoms with Crippen LogP contribution >= 0.6 is 11.3 Å². The average Bonchev–Trinajstić information content (AvgIpc) is 3.36. The zero-order valence-electron chi connectivity index (χ0n) is 16.1. The minimum atomic E-state index is -0.219. The summed E-state index contributed by atoms with van der Waals surface area (Å²) < 4.78 is 5.98. The van der Waals surface area contributed by atoms with Crippen LogP contribution in [0.25, 0.3) is 11.0 Å². The molecule has 1 aliphatic heterocycles. The van der Waals surface area contributed by atoms with E-state index in [0.717, 1.165) is 40.0 Å². The Balaban J connectivity index is 1.43. The largest absolute Gasteiger partial charge is 0.459 e. The molecule has 1 N–H and O–H groups in total. The van der Waals surface area contributed by atoms with Crippen LogP contribution in [-0.2, 0) is 4.79 Å². The molecule has 5 nitrogen and oxygen atoms in total. The highest BCUT2D eigenvalue weighted by atomic mass is 32.1. The Kier molecular flexibility index (Phi) is 5.22. The van der Waals surface area contributed by atoms with Crippen LogP contribution in [0.15, 0.2) is 46.2 Å². The lowest BCUT2D eigenvalue weighted by atomic mass is 9.96. The standard InChI is InChI=1S/C22H24N2O3S/c1-14-17-8-3-4-9-18(17)27-20(14)15(2)23-21(25)16-7-5-11-24(13-16)22(26)19-10-6-12-28-19/h3-4,6,8-10,12,15-16H,5,7,11,13H2,1-2H3,(H,23,25)/t15-,16-/m1/s1. The molecule has 0 spiro atoms. The first-order valence-corrected chi connectivity index (χ1v) is 10.5. The first kappa shape index (κ1) is 18.7. The van der Waals surface area contributed by atoms with Gasteiger partial charge in [-0.1, -0.05) is 24.3 Å². The zero-order valence-corrected chi connectivity index (χ0v) is 16.9. The Bertz CT molecular complexity index is 993. The highest BCUT2D eigenvalue weighted by Gasteiger charge is 2.30. The fourth-order valence-corrected chi connectivity index (χ4v) is 4.63. The molecule has 0 saturated carbocycles. The van der Waals surface area contributed by atoms with E-state index in [4.69, 9.17) is 4.42 Å². The summed E-state index contributed by atoms with van der Waals surface area (Å²) in [5.74, 6) is 0.603. The van der Waals surface area contributed by atoms with Gasteiger partial charge in [-0.25, -0.2) is 0 Å². The summed E-state index contributed by atoms with van der Waals surface area (Å²) >= 11 is 1.44. The second-order valence-corrected chi connectivity index (χ2v) is 8.33. The van der Waals surface area contributed by atoms with Gasteiger partial charge in [0.1, 0.15) is 11.3 Å². The highest BCUT2D eigenvalue weighted by Crippen LogP contribution is 2.29. The van der Waals surface area contributed by atoms with Crippen LogP contribution in [-0.4, -0.2) is 29.8 Å². The van der Waals surface area contributed by atoms with Gasteiger partial charge in [0, 0.05) is 24.0 Å². The van der Waals surface area contributed by atoms with Gasteiger partial charge in [0.15, 0.2) is 0 Å². The van der Waals surface area contributed by atoms with Crippen LogP contribution in [0.2, 0.25) is 0 Å². The first-order valence-electron chi connectivity index (χ1n) is 9.65. The fourth-order valence-electron chi connectivity index (χ4n) is 3.93. The molecule has 4 rings (SSSR count). The molecule has 146 valence electrons. The number of aryl methyl sites for hydroxylation is 1. The number of piperidine rings is 1. The minimum Gasteiger partial charge on any atom is -0.459 e. The van der Waals surface area contributed by atoms with Crippen molar-refractivity contribution in [2.45, 2.75) is 32.7 Å². The van der Waals surface area contributed by atoms with E-state index < -0.39 is 0 Å². The molecule has 2 atom stereocenters. The van der Waals surface area contributed by atoms with Crippen LogP contribution in [0.4, 0.5) is 0 Å². The topological polar surface area (TPSA) is 62.6 Å². The number of nitrogens with one attached hydrogen (secondary N) is 1. The van der Waals surface area contributed by atoms with Gasteiger partial charge in [0.25, 0.3) is 5.91 Å². The molecule has 3 heterocycles. The number of likely N-dealkylation sites (tertiary alicyclic amines) is 1. The van der Waals surface area contributed by atoms with Gasteiger partial charge in [-0.05, 0) is 44.2 Å². The summed E-state index contributed by atoms with van der Waals surface area (Å²) in [7, 11) is 0. The van der Waals surface area contributed by atoms with Crippen molar-refractivity contribution in [2.24, 2.45) is 5.92 Å². The summed E-state index contributed by atoms with van der Waals surface area (Å²) in [6.45, 7) is 5.14. The highest BCUT2D eigenvalue weighted by molar-refractivity contribution is 7.12. The molecule has 1 saturated heterocycles. The van der Waals surface area contributed by atoms with Crippen molar-refractivity contribution >= 4 is 34.1 Å². The number of benzene rings is 1. The number of carbonyl (C=O) groups is 2. The maximum absolute atomic E-state index is 12.9. The molecule has 3 aromatic rings. The van der Waals surface area contributed by atoms with Crippen molar-refractivity contribution in [1.29, 1.82) is 0 Å². The number of carbonyl (C=O) groups excluding carboxylic acids is 2. The summed E-state index contributed by atoms with van der Waals surface area (Å²) in [5.41, 5.74) is 1.89. The normalized spacial score (nSPS) is 18.2. The smallest absolute Gasteiger partial charge is 0.263 e. The third-order valence-corrected chi connectivity index (χ3v) is 6.30. The fraction of sp³-hybridized carbons (Fsp3) is 0.364. The van der Waals surface area contributed by atoms with Crippen LogP contribution in [0, 0.1) is 12.8 Å². The molecule has 28 heavy (non-hydrogen) atoms. The number of nitrogens with zero attached hydrogens (tertiary/aromatic N) is 1. The van der Waals surface area contributed by atoms with E-state index in [1.54, 1.807) is 4.90 Å². The monoisotopic (exact) mass is 396 g/mol. The molecule has 1 aliphatic rings. The molecule has 1 aromatic carbocycles. The van der Waals surface area contributed by atoms with Crippen molar-refractivity contribution in [3.63, 3.8) is 0 Å². The van der Waals surface area contributed by atoms with Crippen molar-refractivity contribution < 1.29 is 14.0 Å². The number of hydrogen-bond acceptors (Lipinski definition) is 4. The van der Waals surface area contributed by atoms with Gasteiger partial charge in [-0.3, -0.25) is 9.59 Å². The van der Waals surface area contributed by atoms with E-state index in [1.165, 1.54) is 11.3 Å². The third-order valence-electron chi connectivity index (χ3n) is 5.44. The predicted molar refractivity (Wildman–Crippen MR) is 110 cm³/mol.